The summed E-state index contributed by atoms with van der Waals surface area (Å²) >= 11 is 2.05. The van der Waals surface area contributed by atoms with Crippen LogP contribution in [0.4, 0.5) is 0 Å². The highest BCUT2D eigenvalue weighted by Crippen LogP contribution is 2.28. The summed E-state index contributed by atoms with van der Waals surface area (Å²) in [7, 11) is 0. The first-order valence-corrected chi connectivity index (χ1v) is 7.65. The smallest absolute Gasteiger partial charge is 0.124 e. The van der Waals surface area contributed by atoms with E-state index in [1.165, 1.54) is 35.5 Å². The Morgan fingerprint density at radius 2 is 2.12 bits per heavy atom. The van der Waals surface area contributed by atoms with E-state index in [2.05, 4.69) is 23.5 Å². The van der Waals surface area contributed by atoms with Crippen LogP contribution in [0.5, 0.6) is 5.75 Å². The molecule has 0 bridgehead atoms. The summed E-state index contributed by atoms with van der Waals surface area (Å²) in [5.41, 5.74) is 2.85. The van der Waals surface area contributed by atoms with Gasteiger partial charge in [-0.1, -0.05) is 12.1 Å². The van der Waals surface area contributed by atoms with Crippen molar-refractivity contribution in [3.63, 3.8) is 0 Å². The van der Waals surface area contributed by atoms with E-state index in [1.54, 1.807) is 0 Å². The maximum absolute atomic E-state index is 6.20. The third-order valence-corrected chi connectivity index (χ3v) is 4.61. The van der Waals surface area contributed by atoms with Crippen LogP contribution in [-0.2, 0) is 13.0 Å². The van der Waals surface area contributed by atoms with Gasteiger partial charge in [0.05, 0.1) is 0 Å². The summed E-state index contributed by atoms with van der Waals surface area (Å²) in [5.74, 6) is 3.61. The van der Waals surface area contributed by atoms with E-state index < -0.39 is 0 Å². The molecule has 1 fully saturated rings. The van der Waals surface area contributed by atoms with E-state index in [0.717, 1.165) is 25.3 Å². The molecular weight excluding hydrogens is 230 g/mol. The minimum absolute atomic E-state index is 0.435. The largest absolute Gasteiger partial charge is 0.490 e. The van der Waals surface area contributed by atoms with E-state index >= 15 is 0 Å². The zero-order chi connectivity index (χ0) is 11.5. The molecule has 2 heterocycles. The Labute approximate surface area is 107 Å². The fourth-order valence-corrected chi connectivity index (χ4v) is 3.63. The summed E-state index contributed by atoms with van der Waals surface area (Å²) in [5, 5.41) is 3.43. The predicted octanol–water partition coefficient (Wildman–Crippen LogP) is 2.61. The van der Waals surface area contributed by atoms with Gasteiger partial charge in [0.2, 0.25) is 0 Å². The van der Waals surface area contributed by atoms with Crippen LogP contribution >= 0.6 is 11.8 Å². The Bertz CT molecular complexity index is 388. The first kappa shape index (κ1) is 11.4. The zero-order valence-electron chi connectivity index (χ0n) is 10.1. The molecule has 0 unspecified atom stereocenters. The van der Waals surface area contributed by atoms with E-state index in [-0.39, 0.29) is 0 Å². The minimum Gasteiger partial charge on any atom is -0.490 e. The highest BCUT2D eigenvalue weighted by molar-refractivity contribution is 7.99. The van der Waals surface area contributed by atoms with Crippen LogP contribution in [0.25, 0.3) is 0 Å². The third kappa shape index (κ3) is 2.61. The molecule has 0 saturated carbocycles. The monoisotopic (exact) mass is 249 g/mol. The number of ether oxygens (including phenoxy) is 1. The molecule has 0 aliphatic carbocycles. The molecule has 92 valence electrons. The average Bonchev–Trinajstić information content (AvgIpc) is 2.40. The molecule has 0 spiro atoms. The van der Waals surface area contributed by atoms with Crippen molar-refractivity contribution in [1.29, 1.82) is 0 Å². The van der Waals surface area contributed by atoms with Gasteiger partial charge < -0.3 is 10.1 Å². The highest BCUT2D eigenvalue weighted by Gasteiger charge is 2.19. The molecule has 1 N–H and O–H groups in total. The molecule has 0 amide bonds. The van der Waals surface area contributed by atoms with Gasteiger partial charge in [-0.05, 0) is 48.9 Å². The molecule has 0 atom stereocenters. The fourth-order valence-electron chi connectivity index (χ4n) is 2.57. The lowest BCUT2D eigenvalue weighted by Gasteiger charge is -2.26. The fraction of sp³-hybridized carbons (Fsp3) is 0.571. The predicted molar refractivity (Wildman–Crippen MR) is 72.8 cm³/mol. The van der Waals surface area contributed by atoms with E-state index in [0.29, 0.717) is 6.10 Å². The minimum atomic E-state index is 0.435. The number of hydrogen-bond acceptors (Lipinski definition) is 3. The highest BCUT2D eigenvalue weighted by atomic mass is 32.2. The Kier molecular flexibility index (Phi) is 3.57. The standard InChI is InChI=1S/C14H19NOS/c1-2-11-4-7-15-10-13(11)14(3-1)16-12-5-8-17-9-6-12/h1-3,12,15H,4-10H2. The van der Waals surface area contributed by atoms with Gasteiger partial charge in [-0.3, -0.25) is 0 Å². The Balaban J connectivity index is 1.77. The lowest BCUT2D eigenvalue weighted by molar-refractivity contribution is 0.189. The summed E-state index contributed by atoms with van der Waals surface area (Å²) < 4.78 is 6.20. The van der Waals surface area contributed by atoms with Gasteiger partial charge in [-0.25, -0.2) is 0 Å². The van der Waals surface area contributed by atoms with Crippen molar-refractivity contribution in [3.8, 4) is 5.75 Å². The quantitative estimate of drug-likeness (QED) is 0.870. The second-order valence-electron chi connectivity index (χ2n) is 4.75. The van der Waals surface area contributed by atoms with E-state index in [9.17, 15) is 0 Å². The second-order valence-corrected chi connectivity index (χ2v) is 5.97. The van der Waals surface area contributed by atoms with Crippen molar-refractivity contribution in [3.05, 3.63) is 29.3 Å². The first-order valence-electron chi connectivity index (χ1n) is 6.49. The van der Waals surface area contributed by atoms with Crippen LogP contribution in [0.1, 0.15) is 24.0 Å². The van der Waals surface area contributed by atoms with Gasteiger partial charge in [-0.2, -0.15) is 11.8 Å². The molecule has 1 saturated heterocycles. The molecule has 2 aliphatic heterocycles. The Hall–Kier alpha value is -0.670. The lowest BCUT2D eigenvalue weighted by atomic mass is 10.00. The molecule has 0 aromatic heterocycles. The molecule has 1 aromatic carbocycles. The summed E-state index contributed by atoms with van der Waals surface area (Å²) in [4.78, 5) is 0. The van der Waals surface area contributed by atoms with Gasteiger partial charge in [-0.15, -0.1) is 0 Å². The Morgan fingerprint density at radius 1 is 1.24 bits per heavy atom. The average molecular weight is 249 g/mol. The number of rotatable bonds is 2. The molecule has 3 rings (SSSR count). The molecule has 2 aliphatic rings. The molecular formula is C14H19NOS. The maximum Gasteiger partial charge on any atom is 0.124 e. The number of hydrogen-bond donors (Lipinski definition) is 1. The van der Waals surface area contributed by atoms with Crippen LogP contribution in [0.2, 0.25) is 0 Å². The van der Waals surface area contributed by atoms with Gasteiger partial charge in [0.15, 0.2) is 0 Å². The second kappa shape index (κ2) is 5.32. The first-order chi connectivity index (χ1) is 8.43. The third-order valence-electron chi connectivity index (χ3n) is 3.56. The van der Waals surface area contributed by atoms with Crippen molar-refractivity contribution >= 4 is 11.8 Å². The van der Waals surface area contributed by atoms with Gasteiger partial charge >= 0.3 is 0 Å². The number of fused-ring (bicyclic) bond motifs is 1. The number of benzene rings is 1. The summed E-state index contributed by atoms with van der Waals surface area (Å²) in [6.45, 7) is 2.06. The van der Waals surface area contributed by atoms with Gasteiger partial charge in [0.25, 0.3) is 0 Å². The number of thioether (sulfide) groups is 1. The van der Waals surface area contributed by atoms with Crippen LogP contribution in [0.3, 0.4) is 0 Å². The normalized spacial score (nSPS) is 20.9. The van der Waals surface area contributed by atoms with Crippen molar-refractivity contribution < 1.29 is 4.74 Å². The van der Waals surface area contributed by atoms with E-state index in [4.69, 9.17) is 4.74 Å². The van der Waals surface area contributed by atoms with E-state index in [1.807, 2.05) is 11.8 Å². The van der Waals surface area contributed by atoms with Crippen LogP contribution in [0, 0.1) is 0 Å². The molecule has 2 nitrogen and oxygen atoms in total. The topological polar surface area (TPSA) is 21.3 Å². The molecule has 3 heteroatoms. The lowest BCUT2D eigenvalue weighted by Crippen LogP contribution is -2.27. The van der Waals surface area contributed by atoms with Gasteiger partial charge in [0.1, 0.15) is 11.9 Å². The van der Waals surface area contributed by atoms with Crippen molar-refractivity contribution in [2.45, 2.75) is 31.9 Å². The molecule has 17 heavy (non-hydrogen) atoms. The molecule has 1 aromatic rings. The van der Waals surface area contributed by atoms with Crippen LogP contribution < -0.4 is 10.1 Å². The van der Waals surface area contributed by atoms with Crippen molar-refractivity contribution in [1.82, 2.24) is 5.32 Å². The van der Waals surface area contributed by atoms with Gasteiger partial charge in [0, 0.05) is 12.1 Å². The van der Waals surface area contributed by atoms with Crippen molar-refractivity contribution in [2.24, 2.45) is 0 Å². The zero-order valence-corrected chi connectivity index (χ0v) is 10.9. The van der Waals surface area contributed by atoms with Crippen LogP contribution in [0.15, 0.2) is 18.2 Å². The summed E-state index contributed by atoms with van der Waals surface area (Å²) in [6.07, 6.45) is 3.96. The van der Waals surface area contributed by atoms with Crippen molar-refractivity contribution in [2.75, 3.05) is 18.1 Å². The van der Waals surface area contributed by atoms with Crippen LogP contribution in [-0.4, -0.2) is 24.2 Å². The maximum atomic E-state index is 6.20. The molecule has 0 radical (unpaired) electrons. The Morgan fingerprint density at radius 3 is 3.00 bits per heavy atom. The SMILES string of the molecule is c1cc2c(c(OC3CCSCC3)c1)CNCC2. The summed E-state index contributed by atoms with van der Waals surface area (Å²) in [6, 6.07) is 6.50. The number of nitrogens with one attached hydrogen (secondary N) is 1.